The van der Waals surface area contributed by atoms with Crippen LogP contribution in [-0.2, 0) is 4.79 Å². The fourth-order valence-electron chi connectivity index (χ4n) is 2.27. The van der Waals surface area contributed by atoms with E-state index in [-0.39, 0.29) is 11.9 Å². The summed E-state index contributed by atoms with van der Waals surface area (Å²) in [6.45, 7) is 3.71. The van der Waals surface area contributed by atoms with Gasteiger partial charge in [-0.3, -0.25) is 4.79 Å². The van der Waals surface area contributed by atoms with E-state index >= 15 is 0 Å². The molecule has 0 aliphatic carbocycles. The standard InChI is InChI=1S/C18H17ClN4O2S/c1-3-16(24)23-18-22-14-7-5-11(9-15(14)26-18)20-17(25)21-13-6-4-10(2)8-12(13)19/h4-9H,3H2,1-2H3,(H2,20,21,25)(H,22,23,24). The number of fused-ring (bicyclic) bond motifs is 1. The first-order valence-electron chi connectivity index (χ1n) is 7.99. The van der Waals surface area contributed by atoms with Gasteiger partial charge in [0.25, 0.3) is 0 Å². The molecule has 0 saturated heterocycles. The molecule has 2 aromatic carbocycles. The van der Waals surface area contributed by atoms with Crippen LogP contribution in [0.1, 0.15) is 18.9 Å². The van der Waals surface area contributed by atoms with Gasteiger partial charge in [-0.2, -0.15) is 0 Å². The Morgan fingerprint density at radius 3 is 2.65 bits per heavy atom. The number of carbonyl (C=O) groups is 2. The number of nitrogens with zero attached hydrogens (tertiary/aromatic N) is 1. The highest BCUT2D eigenvalue weighted by Gasteiger charge is 2.10. The SMILES string of the molecule is CCC(=O)Nc1nc2ccc(NC(=O)Nc3ccc(C)cc3Cl)cc2s1. The Bertz CT molecular complexity index is 986. The molecular formula is C18H17ClN4O2S. The van der Waals surface area contributed by atoms with Crippen molar-refractivity contribution < 1.29 is 9.59 Å². The van der Waals surface area contributed by atoms with E-state index in [2.05, 4.69) is 20.9 Å². The lowest BCUT2D eigenvalue weighted by molar-refractivity contribution is -0.115. The summed E-state index contributed by atoms with van der Waals surface area (Å²) in [4.78, 5) is 28.0. The monoisotopic (exact) mass is 388 g/mol. The van der Waals surface area contributed by atoms with Crippen molar-refractivity contribution in [3.8, 4) is 0 Å². The van der Waals surface area contributed by atoms with Crippen molar-refractivity contribution >= 4 is 61.6 Å². The molecule has 0 fully saturated rings. The highest BCUT2D eigenvalue weighted by atomic mass is 35.5. The number of nitrogens with one attached hydrogen (secondary N) is 3. The molecule has 0 spiro atoms. The molecule has 134 valence electrons. The zero-order chi connectivity index (χ0) is 18.7. The number of rotatable bonds is 4. The average Bonchev–Trinajstić information content (AvgIpc) is 2.98. The van der Waals surface area contributed by atoms with Gasteiger partial charge < -0.3 is 16.0 Å². The Kier molecular flexibility index (Phi) is 5.39. The van der Waals surface area contributed by atoms with E-state index in [0.717, 1.165) is 15.8 Å². The van der Waals surface area contributed by atoms with Crippen molar-refractivity contribution in [2.24, 2.45) is 0 Å². The van der Waals surface area contributed by atoms with Crippen molar-refractivity contribution in [3.63, 3.8) is 0 Å². The smallest absolute Gasteiger partial charge is 0.308 e. The molecule has 3 aromatic rings. The summed E-state index contributed by atoms with van der Waals surface area (Å²) < 4.78 is 0.863. The summed E-state index contributed by atoms with van der Waals surface area (Å²) in [5.74, 6) is -0.0863. The summed E-state index contributed by atoms with van der Waals surface area (Å²) in [6, 6.07) is 10.4. The number of aromatic nitrogens is 1. The Morgan fingerprint density at radius 1 is 1.12 bits per heavy atom. The van der Waals surface area contributed by atoms with Crippen molar-refractivity contribution in [1.82, 2.24) is 4.98 Å². The second-order valence-corrected chi connectivity index (χ2v) is 7.10. The number of benzene rings is 2. The van der Waals surface area contributed by atoms with Crippen LogP contribution in [0.5, 0.6) is 0 Å². The lowest BCUT2D eigenvalue weighted by Crippen LogP contribution is -2.19. The molecule has 1 heterocycles. The third-order valence-electron chi connectivity index (χ3n) is 3.59. The quantitative estimate of drug-likeness (QED) is 0.570. The molecule has 26 heavy (non-hydrogen) atoms. The van der Waals surface area contributed by atoms with Crippen LogP contribution >= 0.6 is 22.9 Å². The first kappa shape index (κ1) is 18.2. The lowest BCUT2D eigenvalue weighted by atomic mass is 10.2. The molecule has 0 unspecified atom stereocenters. The fourth-order valence-corrected chi connectivity index (χ4v) is 3.47. The summed E-state index contributed by atoms with van der Waals surface area (Å²) in [5.41, 5.74) is 2.94. The minimum atomic E-state index is -0.390. The van der Waals surface area contributed by atoms with Gasteiger partial charge in [-0.15, -0.1) is 0 Å². The maximum absolute atomic E-state index is 12.2. The number of aryl methyl sites for hydroxylation is 1. The van der Waals surface area contributed by atoms with E-state index in [1.54, 1.807) is 31.2 Å². The van der Waals surface area contributed by atoms with Gasteiger partial charge in [0.05, 0.1) is 20.9 Å². The molecular weight excluding hydrogens is 372 g/mol. The Hall–Kier alpha value is -2.64. The zero-order valence-electron chi connectivity index (χ0n) is 14.2. The van der Waals surface area contributed by atoms with Crippen LogP contribution in [0.4, 0.5) is 21.3 Å². The summed E-state index contributed by atoms with van der Waals surface area (Å²) in [5, 5.41) is 9.25. The van der Waals surface area contributed by atoms with Gasteiger partial charge in [-0.1, -0.05) is 35.9 Å². The lowest BCUT2D eigenvalue weighted by Gasteiger charge is -2.09. The first-order chi connectivity index (χ1) is 12.4. The molecule has 3 N–H and O–H groups in total. The van der Waals surface area contributed by atoms with E-state index in [0.29, 0.717) is 27.9 Å². The third-order valence-corrected chi connectivity index (χ3v) is 4.83. The van der Waals surface area contributed by atoms with Crippen LogP contribution in [0.15, 0.2) is 36.4 Å². The Labute approximate surface area is 159 Å². The minimum Gasteiger partial charge on any atom is -0.308 e. The molecule has 0 aliphatic heterocycles. The van der Waals surface area contributed by atoms with Gasteiger partial charge in [0.1, 0.15) is 0 Å². The van der Waals surface area contributed by atoms with E-state index in [4.69, 9.17) is 11.6 Å². The molecule has 6 nitrogen and oxygen atoms in total. The summed E-state index contributed by atoms with van der Waals surface area (Å²) in [6.07, 6.45) is 0.393. The predicted octanol–water partition coefficient (Wildman–Crippen LogP) is 5.25. The maximum Gasteiger partial charge on any atom is 0.323 e. The maximum atomic E-state index is 12.2. The van der Waals surface area contributed by atoms with Crippen molar-refractivity contribution in [1.29, 1.82) is 0 Å². The van der Waals surface area contributed by atoms with Crippen molar-refractivity contribution in [2.75, 3.05) is 16.0 Å². The summed E-state index contributed by atoms with van der Waals surface area (Å²) >= 11 is 7.48. The topological polar surface area (TPSA) is 83.1 Å². The van der Waals surface area contributed by atoms with Gasteiger partial charge in [0.2, 0.25) is 5.91 Å². The number of hydrogen-bond acceptors (Lipinski definition) is 4. The van der Waals surface area contributed by atoms with E-state index in [9.17, 15) is 9.59 Å². The van der Waals surface area contributed by atoms with Crippen LogP contribution in [0.25, 0.3) is 10.2 Å². The number of hydrogen-bond donors (Lipinski definition) is 3. The van der Waals surface area contributed by atoms with E-state index in [1.807, 2.05) is 19.1 Å². The van der Waals surface area contributed by atoms with E-state index < -0.39 is 0 Å². The fraction of sp³-hybridized carbons (Fsp3) is 0.167. The van der Waals surface area contributed by atoms with Crippen molar-refractivity contribution in [2.45, 2.75) is 20.3 Å². The van der Waals surface area contributed by atoms with Gasteiger partial charge in [0, 0.05) is 12.1 Å². The predicted molar refractivity (Wildman–Crippen MR) is 107 cm³/mol. The van der Waals surface area contributed by atoms with Crippen LogP contribution in [0, 0.1) is 6.92 Å². The number of amides is 3. The van der Waals surface area contributed by atoms with Crippen LogP contribution in [-0.4, -0.2) is 16.9 Å². The largest absolute Gasteiger partial charge is 0.323 e. The minimum absolute atomic E-state index is 0.0863. The third kappa shape index (κ3) is 4.30. The van der Waals surface area contributed by atoms with Gasteiger partial charge in [-0.05, 0) is 42.8 Å². The molecule has 3 rings (SSSR count). The number of anilines is 3. The summed E-state index contributed by atoms with van der Waals surface area (Å²) in [7, 11) is 0. The molecule has 0 bridgehead atoms. The first-order valence-corrected chi connectivity index (χ1v) is 9.18. The van der Waals surface area contributed by atoms with Crippen LogP contribution in [0.2, 0.25) is 5.02 Å². The molecule has 0 saturated carbocycles. The molecule has 0 aliphatic rings. The van der Waals surface area contributed by atoms with Crippen molar-refractivity contribution in [3.05, 3.63) is 47.0 Å². The normalized spacial score (nSPS) is 10.6. The molecule has 0 radical (unpaired) electrons. The van der Waals surface area contributed by atoms with Gasteiger partial charge >= 0.3 is 6.03 Å². The number of urea groups is 1. The number of halogens is 1. The average molecular weight is 389 g/mol. The van der Waals surface area contributed by atoms with Crippen LogP contribution in [0.3, 0.4) is 0 Å². The van der Waals surface area contributed by atoms with Gasteiger partial charge in [-0.25, -0.2) is 9.78 Å². The van der Waals surface area contributed by atoms with E-state index in [1.165, 1.54) is 11.3 Å². The van der Waals surface area contributed by atoms with Gasteiger partial charge in [0.15, 0.2) is 5.13 Å². The van der Waals surface area contributed by atoms with Crippen LogP contribution < -0.4 is 16.0 Å². The number of thiazole rings is 1. The second kappa shape index (κ2) is 7.72. The zero-order valence-corrected chi connectivity index (χ0v) is 15.8. The molecule has 3 amide bonds. The second-order valence-electron chi connectivity index (χ2n) is 5.67. The number of carbonyl (C=O) groups excluding carboxylic acids is 2. The Morgan fingerprint density at radius 2 is 1.92 bits per heavy atom. The molecule has 1 aromatic heterocycles. The molecule has 8 heteroatoms. The molecule has 0 atom stereocenters. The highest BCUT2D eigenvalue weighted by molar-refractivity contribution is 7.22. The highest BCUT2D eigenvalue weighted by Crippen LogP contribution is 2.29. The Balaban J connectivity index is 1.71.